The Morgan fingerprint density at radius 1 is 0.800 bits per heavy atom. The summed E-state index contributed by atoms with van der Waals surface area (Å²) in [6.07, 6.45) is 0. The Hall–Kier alpha value is -2.45. The molecule has 0 saturated carbocycles. The van der Waals surface area contributed by atoms with Crippen LogP contribution in [0.3, 0.4) is 0 Å². The Kier molecular flexibility index (Phi) is 6.11. The van der Waals surface area contributed by atoms with Gasteiger partial charge in [0.05, 0.1) is 28.4 Å². The van der Waals surface area contributed by atoms with E-state index in [1.807, 2.05) is 0 Å². The van der Waals surface area contributed by atoms with Crippen LogP contribution in [0.15, 0.2) is 41.3 Å². The number of ether oxygens (including phenoxy) is 4. The normalized spacial score (nSPS) is 11.0. The number of benzene rings is 2. The lowest BCUT2D eigenvalue weighted by atomic mass is 10.2. The molecular weight excluding hydrogens is 346 g/mol. The number of hydrogen-bond donors (Lipinski definition) is 1. The first-order valence-corrected chi connectivity index (χ1v) is 8.86. The highest BCUT2D eigenvalue weighted by molar-refractivity contribution is 7.89. The largest absolute Gasteiger partial charge is 0.497 e. The van der Waals surface area contributed by atoms with Crippen LogP contribution in [0.1, 0.15) is 5.56 Å². The fourth-order valence-corrected chi connectivity index (χ4v) is 3.44. The van der Waals surface area contributed by atoms with Gasteiger partial charge in [-0.2, -0.15) is 0 Å². The minimum atomic E-state index is -3.80. The summed E-state index contributed by atoms with van der Waals surface area (Å²) in [5.74, 6) is 1.76. The maximum absolute atomic E-state index is 12.6. The van der Waals surface area contributed by atoms with Gasteiger partial charge in [-0.3, -0.25) is 0 Å². The molecule has 0 amide bonds. The SMILES string of the molecule is COc1ccc(OC)c(S(=O)(=O)NCc2ccc(OC)c(OC)c2)c1. The zero-order valence-corrected chi connectivity index (χ0v) is 15.3. The molecule has 0 saturated heterocycles. The topological polar surface area (TPSA) is 83.1 Å². The second-order valence-corrected chi connectivity index (χ2v) is 6.77. The van der Waals surface area contributed by atoms with E-state index < -0.39 is 10.0 Å². The van der Waals surface area contributed by atoms with E-state index in [-0.39, 0.29) is 17.2 Å². The third-order valence-corrected chi connectivity index (χ3v) is 5.00. The van der Waals surface area contributed by atoms with Gasteiger partial charge in [0, 0.05) is 12.6 Å². The van der Waals surface area contributed by atoms with Gasteiger partial charge in [-0.1, -0.05) is 6.07 Å². The van der Waals surface area contributed by atoms with Crippen LogP contribution >= 0.6 is 0 Å². The highest BCUT2D eigenvalue weighted by Crippen LogP contribution is 2.29. The summed E-state index contributed by atoms with van der Waals surface area (Å²) in [6, 6.07) is 9.78. The van der Waals surface area contributed by atoms with Crippen molar-refractivity contribution in [2.75, 3.05) is 28.4 Å². The van der Waals surface area contributed by atoms with Crippen LogP contribution in [0.5, 0.6) is 23.0 Å². The van der Waals surface area contributed by atoms with Crippen molar-refractivity contribution in [3.63, 3.8) is 0 Å². The molecule has 0 heterocycles. The molecule has 0 aliphatic heterocycles. The molecule has 2 aromatic carbocycles. The Labute approximate surface area is 147 Å². The molecule has 1 N–H and O–H groups in total. The van der Waals surface area contributed by atoms with Crippen LogP contribution < -0.4 is 23.7 Å². The molecule has 0 aliphatic rings. The van der Waals surface area contributed by atoms with Gasteiger partial charge in [0.25, 0.3) is 0 Å². The van der Waals surface area contributed by atoms with Gasteiger partial charge in [-0.05, 0) is 29.8 Å². The van der Waals surface area contributed by atoms with Gasteiger partial charge in [0.2, 0.25) is 10.0 Å². The molecule has 2 rings (SSSR count). The summed E-state index contributed by atoms with van der Waals surface area (Å²) in [6.45, 7) is 0.0864. The summed E-state index contributed by atoms with van der Waals surface area (Å²) < 4.78 is 48.4. The summed E-state index contributed by atoms with van der Waals surface area (Å²) in [4.78, 5) is 0.00910. The van der Waals surface area contributed by atoms with Gasteiger partial charge < -0.3 is 18.9 Å². The maximum Gasteiger partial charge on any atom is 0.244 e. The molecule has 0 fully saturated rings. The first-order valence-electron chi connectivity index (χ1n) is 7.37. The van der Waals surface area contributed by atoms with E-state index in [2.05, 4.69) is 4.72 Å². The number of sulfonamides is 1. The van der Waals surface area contributed by atoms with Gasteiger partial charge in [-0.25, -0.2) is 13.1 Å². The predicted octanol–water partition coefficient (Wildman–Crippen LogP) is 2.20. The summed E-state index contributed by atoms with van der Waals surface area (Å²) in [5.41, 5.74) is 0.725. The lowest BCUT2D eigenvalue weighted by Gasteiger charge is -2.13. The van der Waals surface area contributed by atoms with Crippen LogP contribution in [-0.2, 0) is 16.6 Å². The predicted molar refractivity (Wildman–Crippen MR) is 93.1 cm³/mol. The van der Waals surface area contributed by atoms with Crippen molar-refractivity contribution in [1.82, 2.24) is 4.72 Å². The minimum absolute atomic E-state index is 0.00910. The molecule has 0 radical (unpaired) electrons. The van der Waals surface area contributed by atoms with Crippen molar-refractivity contribution in [3.8, 4) is 23.0 Å². The first kappa shape index (κ1) is 18.9. The van der Waals surface area contributed by atoms with Crippen LogP contribution in [0.25, 0.3) is 0 Å². The Morgan fingerprint density at radius 3 is 2.04 bits per heavy atom. The Balaban J connectivity index is 2.25. The quantitative estimate of drug-likeness (QED) is 0.770. The molecule has 7 nitrogen and oxygen atoms in total. The fraction of sp³-hybridized carbons (Fsp3) is 0.294. The molecule has 0 atom stereocenters. The fourth-order valence-electron chi connectivity index (χ4n) is 2.24. The van der Waals surface area contributed by atoms with E-state index in [1.54, 1.807) is 30.3 Å². The number of methoxy groups -OCH3 is 4. The molecule has 2 aromatic rings. The molecule has 25 heavy (non-hydrogen) atoms. The van der Waals surface area contributed by atoms with E-state index in [0.717, 1.165) is 5.56 Å². The average Bonchev–Trinajstić information content (AvgIpc) is 2.65. The maximum atomic E-state index is 12.6. The van der Waals surface area contributed by atoms with E-state index >= 15 is 0 Å². The third kappa shape index (κ3) is 4.34. The van der Waals surface area contributed by atoms with Gasteiger partial charge in [0.15, 0.2) is 11.5 Å². The zero-order valence-electron chi connectivity index (χ0n) is 14.5. The van der Waals surface area contributed by atoms with Crippen LogP contribution in [-0.4, -0.2) is 36.9 Å². The van der Waals surface area contributed by atoms with E-state index in [1.165, 1.54) is 34.5 Å². The molecule has 8 heteroatoms. The number of nitrogens with one attached hydrogen (secondary N) is 1. The van der Waals surface area contributed by atoms with Crippen LogP contribution in [0.2, 0.25) is 0 Å². The highest BCUT2D eigenvalue weighted by Gasteiger charge is 2.20. The smallest absolute Gasteiger partial charge is 0.244 e. The number of rotatable bonds is 8. The average molecular weight is 367 g/mol. The lowest BCUT2D eigenvalue weighted by Crippen LogP contribution is -2.23. The molecule has 136 valence electrons. The molecule has 0 aliphatic carbocycles. The standard InChI is InChI=1S/C17H21NO6S/c1-21-13-6-8-15(23-3)17(10-13)25(19,20)18-11-12-5-7-14(22-2)16(9-12)24-4/h5-10,18H,11H2,1-4H3. The summed E-state index contributed by atoms with van der Waals surface area (Å²) in [7, 11) is 2.14. The van der Waals surface area contributed by atoms with Crippen molar-refractivity contribution in [2.45, 2.75) is 11.4 Å². The monoisotopic (exact) mass is 367 g/mol. The third-order valence-electron chi connectivity index (χ3n) is 3.57. The van der Waals surface area contributed by atoms with Crippen LogP contribution in [0.4, 0.5) is 0 Å². The van der Waals surface area contributed by atoms with Crippen molar-refractivity contribution in [3.05, 3.63) is 42.0 Å². The zero-order chi connectivity index (χ0) is 18.4. The minimum Gasteiger partial charge on any atom is -0.497 e. The van der Waals surface area contributed by atoms with Crippen molar-refractivity contribution in [2.24, 2.45) is 0 Å². The molecule has 0 bridgehead atoms. The van der Waals surface area contributed by atoms with Crippen molar-refractivity contribution >= 4 is 10.0 Å². The first-order chi connectivity index (χ1) is 11.9. The van der Waals surface area contributed by atoms with Crippen molar-refractivity contribution in [1.29, 1.82) is 0 Å². The summed E-state index contributed by atoms with van der Waals surface area (Å²) >= 11 is 0. The lowest BCUT2D eigenvalue weighted by molar-refractivity contribution is 0.354. The van der Waals surface area contributed by atoms with Gasteiger partial charge >= 0.3 is 0 Å². The Morgan fingerprint density at radius 2 is 1.44 bits per heavy atom. The second kappa shape index (κ2) is 8.09. The second-order valence-electron chi connectivity index (χ2n) is 5.03. The van der Waals surface area contributed by atoms with E-state index in [0.29, 0.717) is 17.2 Å². The van der Waals surface area contributed by atoms with E-state index in [4.69, 9.17) is 18.9 Å². The van der Waals surface area contributed by atoms with Gasteiger partial charge in [-0.15, -0.1) is 0 Å². The Bertz CT molecular complexity index is 835. The van der Waals surface area contributed by atoms with E-state index in [9.17, 15) is 8.42 Å². The molecule has 0 aromatic heterocycles. The summed E-state index contributed by atoms with van der Waals surface area (Å²) in [5, 5.41) is 0. The van der Waals surface area contributed by atoms with Gasteiger partial charge in [0.1, 0.15) is 16.4 Å². The van der Waals surface area contributed by atoms with Crippen LogP contribution in [0, 0.1) is 0 Å². The van der Waals surface area contributed by atoms with Crippen molar-refractivity contribution < 1.29 is 27.4 Å². The highest BCUT2D eigenvalue weighted by atomic mass is 32.2. The molecular formula is C17H21NO6S. The number of hydrogen-bond acceptors (Lipinski definition) is 6. The molecule has 0 spiro atoms. The molecule has 0 unspecified atom stereocenters.